The van der Waals surface area contributed by atoms with Gasteiger partial charge in [-0.2, -0.15) is 0 Å². The number of hydrogen-bond donors (Lipinski definition) is 0. The van der Waals surface area contributed by atoms with Gasteiger partial charge in [0.1, 0.15) is 0 Å². The number of fused-ring (bicyclic) bond motifs is 11. The molecule has 302 valence electrons. The highest BCUT2D eigenvalue weighted by Gasteiger charge is 2.51. The fraction of sp³-hybridized carbons (Fsp3) is 0.0161. The second-order valence-electron chi connectivity index (χ2n) is 17.1. The van der Waals surface area contributed by atoms with Gasteiger partial charge in [0.2, 0.25) is 0 Å². The first-order valence-corrected chi connectivity index (χ1v) is 22.3. The Bertz CT molecular complexity index is 3590. The maximum atomic E-state index is 5.19. The van der Waals surface area contributed by atoms with E-state index in [4.69, 9.17) is 15.0 Å². The van der Waals surface area contributed by atoms with Crippen molar-refractivity contribution in [2.75, 3.05) is 0 Å². The lowest BCUT2D eigenvalue weighted by Crippen LogP contribution is -2.25. The third-order valence-corrected chi connectivity index (χ3v) is 13.6. The van der Waals surface area contributed by atoms with Crippen LogP contribution in [0.3, 0.4) is 0 Å². The fourth-order valence-electron chi connectivity index (χ4n) is 10.7. The molecule has 13 rings (SSSR count). The van der Waals surface area contributed by atoms with Crippen LogP contribution in [0.25, 0.3) is 101 Å². The summed E-state index contributed by atoms with van der Waals surface area (Å²) >= 11 is 0. The van der Waals surface area contributed by atoms with Crippen molar-refractivity contribution in [2.45, 2.75) is 5.41 Å². The van der Waals surface area contributed by atoms with E-state index in [-0.39, 0.29) is 0 Å². The van der Waals surface area contributed by atoms with Crippen LogP contribution in [0.4, 0.5) is 0 Å². The molecule has 2 aliphatic carbocycles. The Morgan fingerprint density at radius 2 is 0.677 bits per heavy atom. The minimum absolute atomic E-state index is 0.430. The highest BCUT2D eigenvalue weighted by Crippen LogP contribution is 2.63. The summed E-state index contributed by atoms with van der Waals surface area (Å²) in [4.78, 5) is 15.4. The molecule has 0 saturated carbocycles. The zero-order valence-electron chi connectivity index (χ0n) is 35.4. The topological polar surface area (TPSA) is 38.7 Å². The molecule has 0 N–H and O–H groups in total. The van der Waals surface area contributed by atoms with Crippen molar-refractivity contribution in [1.29, 1.82) is 0 Å². The van der Waals surface area contributed by atoms with Crippen molar-refractivity contribution < 1.29 is 0 Å². The van der Waals surface area contributed by atoms with Gasteiger partial charge >= 0.3 is 0 Å². The minimum atomic E-state index is -0.430. The molecule has 3 nitrogen and oxygen atoms in total. The molecule has 2 aliphatic rings. The number of hydrogen-bond acceptors (Lipinski definition) is 3. The van der Waals surface area contributed by atoms with E-state index in [2.05, 4.69) is 212 Å². The summed E-state index contributed by atoms with van der Waals surface area (Å²) in [5.41, 5.74) is 19.9. The van der Waals surface area contributed by atoms with Crippen molar-refractivity contribution in [3.05, 3.63) is 259 Å². The Hall–Kier alpha value is -8.53. The zero-order chi connectivity index (χ0) is 42.9. The molecule has 0 saturated heterocycles. The van der Waals surface area contributed by atoms with Crippen LogP contribution in [0.15, 0.2) is 237 Å². The zero-order valence-corrected chi connectivity index (χ0v) is 35.4. The quantitative estimate of drug-likeness (QED) is 0.168. The highest BCUT2D eigenvalue weighted by molar-refractivity contribution is 6.05. The Balaban J connectivity index is 0.985. The maximum absolute atomic E-state index is 5.19. The van der Waals surface area contributed by atoms with Gasteiger partial charge in [-0.05, 0) is 101 Å². The molecule has 0 atom stereocenters. The molecular weight excluding hydrogens is 787 g/mol. The lowest BCUT2D eigenvalue weighted by Gasteiger charge is -2.30. The summed E-state index contributed by atoms with van der Waals surface area (Å²) in [5.74, 6) is 1.89. The van der Waals surface area contributed by atoms with Crippen LogP contribution in [0, 0.1) is 0 Å². The van der Waals surface area contributed by atoms with Crippen LogP contribution in [0.2, 0.25) is 0 Å². The first kappa shape index (κ1) is 37.1. The highest BCUT2D eigenvalue weighted by atomic mass is 15.0. The Kier molecular flexibility index (Phi) is 8.44. The molecular formula is C62H39N3. The van der Waals surface area contributed by atoms with Gasteiger partial charge in [0.15, 0.2) is 17.5 Å². The maximum Gasteiger partial charge on any atom is 0.164 e. The summed E-state index contributed by atoms with van der Waals surface area (Å²) in [6.45, 7) is 0. The van der Waals surface area contributed by atoms with Crippen LogP contribution in [0.1, 0.15) is 22.3 Å². The molecule has 3 heteroatoms. The SMILES string of the molecule is c1ccc(-c2ccc(-c3nc(-c4ccccc4)nc(-c4cccc(-c5c(-c6ccc7c(c6)C6(c8ccccc8-c8ccccc86)c6ccccc6-7)ccc6ccccc56)c4)n3)cc2)cc1. The lowest BCUT2D eigenvalue weighted by molar-refractivity contribution is 0.794. The van der Waals surface area contributed by atoms with Crippen LogP contribution >= 0.6 is 0 Å². The minimum Gasteiger partial charge on any atom is -0.208 e. The number of rotatable bonds is 6. The monoisotopic (exact) mass is 825 g/mol. The van der Waals surface area contributed by atoms with E-state index in [9.17, 15) is 0 Å². The molecule has 11 aromatic rings. The van der Waals surface area contributed by atoms with Gasteiger partial charge in [0, 0.05) is 16.7 Å². The fourth-order valence-corrected chi connectivity index (χ4v) is 10.7. The largest absolute Gasteiger partial charge is 0.208 e. The summed E-state index contributed by atoms with van der Waals surface area (Å²) in [5, 5.41) is 2.38. The first-order valence-electron chi connectivity index (χ1n) is 22.3. The Morgan fingerprint density at radius 1 is 0.246 bits per heavy atom. The van der Waals surface area contributed by atoms with Crippen LogP contribution in [0.5, 0.6) is 0 Å². The van der Waals surface area contributed by atoms with Gasteiger partial charge in [0.25, 0.3) is 0 Å². The van der Waals surface area contributed by atoms with E-state index in [1.54, 1.807) is 0 Å². The molecule has 10 aromatic carbocycles. The van der Waals surface area contributed by atoms with Gasteiger partial charge in [-0.1, -0.05) is 224 Å². The average Bonchev–Trinajstić information content (AvgIpc) is 3.86. The molecule has 65 heavy (non-hydrogen) atoms. The summed E-state index contributed by atoms with van der Waals surface area (Å²) in [6, 6.07) is 85.4. The Labute approximate surface area is 378 Å². The van der Waals surface area contributed by atoms with Crippen molar-refractivity contribution in [1.82, 2.24) is 15.0 Å². The van der Waals surface area contributed by atoms with E-state index < -0.39 is 5.41 Å². The molecule has 0 fully saturated rings. The predicted octanol–water partition coefficient (Wildman–Crippen LogP) is 15.4. The molecule has 0 radical (unpaired) electrons. The van der Waals surface area contributed by atoms with Crippen molar-refractivity contribution in [3.63, 3.8) is 0 Å². The molecule has 1 heterocycles. The molecule has 0 unspecified atom stereocenters. The summed E-state index contributed by atoms with van der Waals surface area (Å²) in [7, 11) is 0. The number of benzene rings is 10. The lowest BCUT2D eigenvalue weighted by atomic mass is 9.70. The van der Waals surface area contributed by atoms with E-state index in [0.29, 0.717) is 17.5 Å². The molecule has 0 aliphatic heterocycles. The Morgan fingerprint density at radius 3 is 1.32 bits per heavy atom. The normalized spacial score (nSPS) is 12.7. The van der Waals surface area contributed by atoms with Crippen molar-refractivity contribution >= 4 is 10.8 Å². The van der Waals surface area contributed by atoms with Gasteiger partial charge in [-0.3, -0.25) is 0 Å². The van der Waals surface area contributed by atoms with Crippen LogP contribution in [-0.2, 0) is 5.41 Å². The van der Waals surface area contributed by atoms with E-state index in [0.717, 1.165) is 27.8 Å². The van der Waals surface area contributed by atoms with Gasteiger partial charge in [0.05, 0.1) is 5.41 Å². The van der Waals surface area contributed by atoms with Gasteiger partial charge in [-0.15, -0.1) is 0 Å². The predicted molar refractivity (Wildman–Crippen MR) is 266 cm³/mol. The smallest absolute Gasteiger partial charge is 0.164 e. The third kappa shape index (κ3) is 5.79. The standard InChI is InChI=1S/C62H39N3/c1-3-16-40(17-4-1)41-30-32-44(33-31-41)60-63-59(43-19-5-2-6-20-43)64-61(65-60)47-22-15-21-46(38-47)58-48-23-8-7-18-42(48)34-36-49(58)45-35-37-53-52-26-11-14-29-56(52)62(57(53)39-45)54-27-12-9-24-50(54)51-25-10-13-28-55(51)62/h1-39H. The molecule has 0 bridgehead atoms. The van der Waals surface area contributed by atoms with Crippen LogP contribution in [-0.4, -0.2) is 15.0 Å². The number of nitrogens with zero attached hydrogens (tertiary/aromatic N) is 3. The van der Waals surface area contributed by atoms with Crippen molar-refractivity contribution in [2.24, 2.45) is 0 Å². The van der Waals surface area contributed by atoms with Crippen LogP contribution < -0.4 is 0 Å². The second-order valence-corrected chi connectivity index (χ2v) is 17.1. The van der Waals surface area contributed by atoms with E-state index in [1.807, 2.05) is 24.3 Å². The molecule has 0 amide bonds. The summed E-state index contributed by atoms with van der Waals surface area (Å²) < 4.78 is 0. The molecule has 1 spiro atoms. The first-order chi connectivity index (χ1) is 32.2. The third-order valence-electron chi connectivity index (χ3n) is 13.6. The number of aromatic nitrogens is 3. The van der Waals surface area contributed by atoms with E-state index in [1.165, 1.54) is 77.5 Å². The second kappa shape index (κ2) is 14.8. The van der Waals surface area contributed by atoms with Gasteiger partial charge in [-0.25, -0.2) is 15.0 Å². The van der Waals surface area contributed by atoms with E-state index >= 15 is 0 Å². The van der Waals surface area contributed by atoms with Gasteiger partial charge < -0.3 is 0 Å². The summed E-state index contributed by atoms with van der Waals surface area (Å²) in [6.07, 6.45) is 0. The van der Waals surface area contributed by atoms with Crippen molar-refractivity contribution in [3.8, 4) is 89.8 Å². The molecule has 1 aromatic heterocycles. The average molecular weight is 826 g/mol.